The summed E-state index contributed by atoms with van der Waals surface area (Å²) in [5.74, 6) is 2.17. The Balaban J connectivity index is 1.83. The fourth-order valence-corrected chi connectivity index (χ4v) is 3.50. The van der Waals surface area contributed by atoms with E-state index >= 15 is 0 Å². The molecule has 1 saturated heterocycles. The van der Waals surface area contributed by atoms with Gasteiger partial charge in [-0.2, -0.15) is 0 Å². The van der Waals surface area contributed by atoms with E-state index in [2.05, 4.69) is 45.2 Å². The van der Waals surface area contributed by atoms with Crippen LogP contribution in [0.3, 0.4) is 0 Å². The van der Waals surface area contributed by atoms with Crippen LogP contribution < -0.4 is 5.32 Å². The lowest BCUT2D eigenvalue weighted by Crippen LogP contribution is -2.14. The van der Waals surface area contributed by atoms with Gasteiger partial charge in [0.25, 0.3) is 0 Å². The first-order valence-corrected chi connectivity index (χ1v) is 8.08. The standard InChI is InChI=1S/C15H21N5S/c1-9-10(2)21-15(16-9)19-14-7-13(17-11(3)18-14)12-5-6-20(4)8-12/h7,12H,5-6,8H2,1-4H3,(H,16,17,18,19)/t12-/m0/s1. The van der Waals surface area contributed by atoms with Gasteiger partial charge in [-0.1, -0.05) is 0 Å². The Morgan fingerprint density at radius 2 is 2.05 bits per heavy atom. The average molecular weight is 303 g/mol. The van der Waals surface area contributed by atoms with Gasteiger partial charge in [0, 0.05) is 23.4 Å². The summed E-state index contributed by atoms with van der Waals surface area (Å²) in [6.45, 7) is 8.28. The second-order valence-corrected chi connectivity index (χ2v) is 6.96. The summed E-state index contributed by atoms with van der Waals surface area (Å²) < 4.78 is 0. The Kier molecular flexibility index (Phi) is 3.91. The smallest absolute Gasteiger partial charge is 0.188 e. The first-order chi connectivity index (χ1) is 10.0. The summed E-state index contributed by atoms with van der Waals surface area (Å²) in [7, 11) is 2.16. The summed E-state index contributed by atoms with van der Waals surface area (Å²) in [5.41, 5.74) is 2.21. The monoisotopic (exact) mass is 303 g/mol. The molecular weight excluding hydrogens is 282 g/mol. The molecule has 0 saturated carbocycles. The molecular formula is C15H21N5S. The first kappa shape index (κ1) is 14.4. The molecule has 2 aromatic heterocycles. The largest absolute Gasteiger partial charge is 0.316 e. The third-order valence-corrected chi connectivity index (χ3v) is 4.92. The zero-order chi connectivity index (χ0) is 15.0. The maximum Gasteiger partial charge on any atom is 0.188 e. The van der Waals surface area contributed by atoms with E-state index in [9.17, 15) is 0 Å². The molecule has 0 unspecified atom stereocenters. The molecule has 3 heterocycles. The van der Waals surface area contributed by atoms with Gasteiger partial charge in [-0.05, 0) is 40.8 Å². The van der Waals surface area contributed by atoms with Crippen molar-refractivity contribution >= 4 is 22.3 Å². The van der Waals surface area contributed by atoms with Gasteiger partial charge in [0.2, 0.25) is 0 Å². The normalized spacial score (nSPS) is 19.1. The second-order valence-electron chi connectivity index (χ2n) is 5.76. The van der Waals surface area contributed by atoms with E-state index < -0.39 is 0 Å². The maximum atomic E-state index is 4.62. The van der Waals surface area contributed by atoms with Crippen LogP contribution >= 0.6 is 11.3 Å². The minimum atomic E-state index is 0.511. The van der Waals surface area contributed by atoms with Gasteiger partial charge in [0.1, 0.15) is 11.6 Å². The molecule has 1 fully saturated rings. The van der Waals surface area contributed by atoms with Gasteiger partial charge >= 0.3 is 0 Å². The third kappa shape index (κ3) is 3.22. The Hall–Kier alpha value is -1.53. The molecule has 2 aromatic rings. The molecule has 1 atom stereocenters. The van der Waals surface area contributed by atoms with E-state index in [1.165, 1.54) is 11.3 Å². The predicted octanol–water partition coefficient (Wildman–Crippen LogP) is 3.02. The minimum Gasteiger partial charge on any atom is -0.316 e. The van der Waals surface area contributed by atoms with Crippen LogP contribution in [0, 0.1) is 20.8 Å². The van der Waals surface area contributed by atoms with E-state index in [1.54, 1.807) is 11.3 Å². The molecule has 0 radical (unpaired) electrons. The van der Waals surface area contributed by atoms with Crippen LogP contribution in [0.25, 0.3) is 0 Å². The highest BCUT2D eigenvalue weighted by Gasteiger charge is 2.23. The van der Waals surface area contributed by atoms with Crippen molar-refractivity contribution in [3.63, 3.8) is 0 Å². The summed E-state index contributed by atoms with van der Waals surface area (Å²) in [6.07, 6.45) is 1.17. The second kappa shape index (κ2) is 5.69. The minimum absolute atomic E-state index is 0.511. The molecule has 0 amide bonds. The molecule has 0 bridgehead atoms. The van der Waals surface area contributed by atoms with Crippen molar-refractivity contribution in [1.29, 1.82) is 0 Å². The van der Waals surface area contributed by atoms with Crippen molar-refractivity contribution < 1.29 is 0 Å². The van der Waals surface area contributed by atoms with Crippen molar-refractivity contribution in [3.8, 4) is 0 Å². The summed E-state index contributed by atoms with van der Waals surface area (Å²) in [6, 6.07) is 2.07. The number of hydrogen-bond donors (Lipinski definition) is 1. The molecule has 0 aromatic carbocycles. The lowest BCUT2D eigenvalue weighted by molar-refractivity contribution is 0.410. The number of aryl methyl sites for hydroxylation is 3. The number of hydrogen-bond acceptors (Lipinski definition) is 6. The highest BCUT2D eigenvalue weighted by Crippen LogP contribution is 2.28. The van der Waals surface area contributed by atoms with Gasteiger partial charge in [-0.25, -0.2) is 15.0 Å². The van der Waals surface area contributed by atoms with Gasteiger partial charge in [-0.3, -0.25) is 0 Å². The van der Waals surface area contributed by atoms with E-state index in [-0.39, 0.29) is 0 Å². The Labute approximate surface area is 129 Å². The third-order valence-electron chi connectivity index (χ3n) is 3.93. The molecule has 3 rings (SSSR count). The van der Waals surface area contributed by atoms with Crippen molar-refractivity contribution in [2.24, 2.45) is 0 Å². The molecule has 0 aliphatic carbocycles. The molecule has 6 heteroatoms. The lowest BCUT2D eigenvalue weighted by Gasteiger charge is -2.12. The summed E-state index contributed by atoms with van der Waals surface area (Å²) in [4.78, 5) is 17.2. The molecule has 0 spiro atoms. The van der Waals surface area contributed by atoms with Gasteiger partial charge < -0.3 is 10.2 Å². The number of anilines is 2. The fraction of sp³-hybridized carbons (Fsp3) is 0.533. The van der Waals surface area contributed by atoms with Crippen LogP contribution in [-0.2, 0) is 0 Å². The number of rotatable bonds is 3. The summed E-state index contributed by atoms with van der Waals surface area (Å²) in [5, 5.41) is 4.22. The van der Waals surface area contributed by atoms with Crippen molar-refractivity contribution in [2.45, 2.75) is 33.1 Å². The molecule has 1 aliphatic heterocycles. The Morgan fingerprint density at radius 1 is 1.24 bits per heavy atom. The summed E-state index contributed by atoms with van der Waals surface area (Å²) >= 11 is 1.66. The van der Waals surface area contributed by atoms with Gasteiger partial charge in [0.15, 0.2) is 5.13 Å². The van der Waals surface area contributed by atoms with Crippen LogP contribution in [0.1, 0.15) is 34.4 Å². The van der Waals surface area contributed by atoms with Crippen LogP contribution in [0.4, 0.5) is 10.9 Å². The van der Waals surface area contributed by atoms with E-state index in [0.29, 0.717) is 5.92 Å². The highest BCUT2D eigenvalue weighted by molar-refractivity contribution is 7.15. The molecule has 1 aliphatic rings. The zero-order valence-corrected chi connectivity index (χ0v) is 13.8. The average Bonchev–Trinajstić information content (AvgIpc) is 2.96. The van der Waals surface area contributed by atoms with E-state index in [4.69, 9.17) is 0 Å². The predicted molar refractivity (Wildman–Crippen MR) is 86.5 cm³/mol. The maximum absolute atomic E-state index is 4.62. The topological polar surface area (TPSA) is 53.9 Å². The highest BCUT2D eigenvalue weighted by atomic mass is 32.1. The number of nitrogens with one attached hydrogen (secondary N) is 1. The first-order valence-electron chi connectivity index (χ1n) is 7.26. The van der Waals surface area contributed by atoms with Crippen LogP contribution in [0.5, 0.6) is 0 Å². The van der Waals surface area contributed by atoms with E-state index in [1.807, 2.05) is 13.8 Å². The van der Waals surface area contributed by atoms with Gasteiger partial charge in [0.05, 0.1) is 11.4 Å². The molecule has 1 N–H and O–H groups in total. The number of likely N-dealkylation sites (tertiary alicyclic amines) is 1. The fourth-order valence-electron chi connectivity index (χ4n) is 2.68. The number of likely N-dealkylation sites (N-methyl/N-ethyl adjacent to an activating group) is 1. The number of nitrogens with zero attached hydrogens (tertiary/aromatic N) is 4. The van der Waals surface area contributed by atoms with Crippen molar-refractivity contribution in [2.75, 3.05) is 25.5 Å². The van der Waals surface area contributed by atoms with Crippen LogP contribution in [-0.4, -0.2) is 40.0 Å². The quantitative estimate of drug-likeness (QED) is 0.944. The number of aromatic nitrogens is 3. The Bertz CT molecular complexity index is 632. The Morgan fingerprint density at radius 3 is 2.67 bits per heavy atom. The van der Waals surface area contributed by atoms with Crippen LogP contribution in [0.15, 0.2) is 6.07 Å². The zero-order valence-electron chi connectivity index (χ0n) is 13.0. The lowest BCUT2D eigenvalue weighted by atomic mass is 10.0. The molecule has 5 nitrogen and oxygen atoms in total. The number of thiazole rings is 1. The van der Waals surface area contributed by atoms with E-state index in [0.717, 1.165) is 41.3 Å². The van der Waals surface area contributed by atoms with Crippen LogP contribution in [0.2, 0.25) is 0 Å². The molecule has 21 heavy (non-hydrogen) atoms. The SMILES string of the molecule is Cc1nc(Nc2nc(C)c(C)s2)cc([C@H]2CCN(C)C2)n1. The van der Waals surface area contributed by atoms with Gasteiger partial charge in [-0.15, -0.1) is 11.3 Å². The van der Waals surface area contributed by atoms with Crippen molar-refractivity contribution in [3.05, 3.63) is 28.2 Å². The molecule has 112 valence electrons. The van der Waals surface area contributed by atoms with Crippen molar-refractivity contribution in [1.82, 2.24) is 19.9 Å².